The molecule has 0 aliphatic heterocycles. The van der Waals surface area contributed by atoms with Gasteiger partial charge in [-0.15, -0.1) is 11.3 Å². The third-order valence-corrected chi connectivity index (χ3v) is 4.66. The van der Waals surface area contributed by atoms with Gasteiger partial charge in [0.2, 0.25) is 0 Å². The average Bonchev–Trinajstić information content (AvgIpc) is 2.76. The molecule has 4 heteroatoms. The molecule has 0 spiro atoms. The van der Waals surface area contributed by atoms with E-state index in [4.69, 9.17) is 0 Å². The summed E-state index contributed by atoms with van der Waals surface area (Å²) in [6, 6.07) is 11.0. The number of hydrogen-bond donors (Lipinski definition) is 1. The van der Waals surface area contributed by atoms with E-state index in [1.165, 1.54) is 10.6 Å². The molecule has 96 valence electrons. The molecular weight excluding hydrogens is 308 g/mol. The van der Waals surface area contributed by atoms with E-state index in [9.17, 15) is 0 Å². The topological polar surface area (TPSA) is 15.3 Å². The fourth-order valence-corrected chi connectivity index (χ4v) is 3.19. The SMILES string of the molecule is CC(Nc1ccc(N(C)C)cc1)c1cc(Br)cs1. The second-order valence-corrected chi connectivity index (χ2v) is 6.33. The van der Waals surface area contributed by atoms with Gasteiger partial charge in [-0.3, -0.25) is 0 Å². The Balaban J connectivity index is 2.05. The van der Waals surface area contributed by atoms with Gasteiger partial charge in [-0.1, -0.05) is 0 Å². The molecule has 2 aromatic rings. The lowest BCUT2D eigenvalue weighted by molar-refractivity contribution is 0.907. The number of rotatable bonds is 4. The molecule has 1 unspecified atom stereocenters. The summed E-state index contributed by atoms with van der Waals surface area (Å²) in [5.41, 5.74) is 2.37. The van der Waals surface area contributed by atoms with E-state index < -0.39 is 0 Å². The quantitative estimate of drug-likeness (QED) is 0.873. The predicted octanol–water partition coefficient (Wildman–Crippen LogP) is 4.75. The zero-order valence-corrected chi connectivity index (χ0v) is 13.2. The first kappa shape index (κ1) is 13.4. The minimum Gasteiger partial charge on any atom is -0.378 e. The summed E-state index contributed by atoms with van der Waals surface area (Å²) < 4.78 is 1.15. The Morgan fingerprint density at radius 3 is 2.39 bits per heavy atom. The van der Waals surface area contributed by atoms with Crippen LogP contribution in [0.15, 0.2) is 40.2 Å². The summed E-state index contributed by atoms with van der Waals surface area (Å²) in [7, 11) is 4.10. The van der Waals surface area contributed by atoms with E-state index in [1.54, 1.807) is 11.3 Å². The van der Waals surface area contributed by atoms with Crippen LogP contribution >= 0.6 is 27.3 Å². The number of thiophene rings is 1. The highest BCUT2D eigenvalue weighted by Gasteiger charge is 2.07. The first-order chi connectivity index (χ1) is 8.56. The number of nitrogens with zero attached hydrogens (tertiary/aromatic N) is 1. The Labute approximate surface area is 121 Å². The normalized spacial score (nSPS) is 12.2. The van der Waals surface area contributed by atoms with Gasteiger partial charge in [0.05, 0.1) is 6.04 Å². The molecule has 1 N–H and O–H groups in total. The molecule has 1 aromatic carbocycles. The van der Waals surface area contributed by atoms with E-state index in [1.807, 2.05) is 14.1 Å². The average molecular weight is 325 g/mol. The van der Waals surface area contributed by atoms with Crippen LogP contribution in [-0.2, 0) is 0 Å². The molecule has 0 aliphatic rings. The molecule has 2 nitrogen and oxygen atoms in total. The lowest BCUT2D eigenvalue weighted by atomic mass is 10.2. The van der Waals surface area contributed by atoms with Gasteiger partial charge in [0.1, 0.15) is 0 Å². The molecule has 0 bridgehead atoms. The standard InChI is InChI=1S/C14H17BrN2S/c1-10(14-8-11(15)9-18-14)16-12-4-6-13(7-5-12)17(2)3/h4-10,16H,1-3H3. The molecular formula is C14H17BrN2S. The van der Waals surface area contributed by atoms with Crippen LogP contribution in [0.5, 0.6) is 0 Å². The van der Waals surface area contributed by atoms with E-state index in [-0.39, 0.29) is 0 Å². The Hall–Kier alpha value is -1.000. The maximum Gasteiger partial charge on any atom is 0.0578 e. The summed E-state index contributed by atoms with van der Waals surface area (Å²) in [6.45, 7) is 2.18. The summed E-state index contributed by atoms with van der Waals surface area (Å²) in [5.74, 6) is 0. The van der Waals surface area contributed by atoms with Crippen LogP contribution in [0.25, 0.3) is 0 Å². The van der Waals surface area contributed by atoms with E-state index >= 15 is 0 Å². The molecule has 0 amide bonds. The van der Waals surface area contributed by atoms with Crippen LogP contribution in [0.3, 0.4) is 0 Å². The van der Waals surface area contributed by atoms with Crippen molar-refractivity contribution >= 4 is 38.6 Å². The highest BCUT2D eigenvalue weighted by atomic mass is 79.9. The molecule has 0 fully saturated rings. The highest BCUT2D eigenvalue weighted by molar-refractivity contribution is 9.10. The zero-order valence-electron chi connectivity index (χ0n) is 10.8. The summed E-state index contributed by atoms with van der Waals surface area (Å²) in [4.78, 5) is 3.43. The zero-order chi connectivity index (χ0) is 13.1. The van der Waals surface area contributed by atoms with Gasteiger partial charge in [-0.25, -0.2) is 0 Å². The molecule has 0 saturated carbocycles. The molecule has 0 aliphatic carbocycles. The van der Waals surface area contributed by atoms with Gasteiger partial charge >= 0.3 is 0 Å². The number of halogens is 1. The van der Waals surface area contributed by atoms with Crippen molar-refractivity contribution in [1.29, 1.82) is 0 Å². The smallest absolute Gasteiger partial charge is 0.0578 e. The van der Waals surface area contributed by atoms with E-state index in [0.29, 0.717) is 6.04 Å². The fourth-order valence-electron chi connectivity index (χ4n) is 1.73. The largest absolute Gasteiger partial charge is 0.378 e. The van der Waals surface area contributed by atoms with Crippen LogP contribution in [0, 0.1) is 0 Å². The summed E-state index contributed by atoms with van der Waals surface area (Å²) >= 11 is 5.26. The van der Waals surface area contributed by atoms with Crippen LogP contribution in [0.1, 0.15) is 17.8 Å². The van der Waals surface area contributed by atoms with Crippen molar-refractivity contribution in [3.63, 3.8) is 0 Å². The molecule has 2 rings (SSSR count). The van der Waals surface area contributed by atoms with E-state index in [2.05, 4.69) is 68.8 Å². The third-order valence-electron chi connectivity index (χ3n) is 2.78. The fraction of sp³-hybridized carbons (Fsp3) is 0.286. The van der Waals surface area contributed by atoms with Gasteiger partial charge in [-0.05, 0) is 53.2 Å². The van der Waals surface area contributed by atoms with Crippen molar-refractivity contribution in [3.8, 4) is 0 Å². The number of nitrogens with one attached hydrogen (secondary N) is 1. The van der Waals surface area contributed by atoms with Crippen molar-refractivity contribution in [2.75, 3.05) is 24.3 Å². The van der Waals surface area contributed by atoms with Crippen LogP contribution in [-0.4, -0.2) is 14.1 Å². The molecule has 18 heavy (non-hydrogen) atoms. The van der Waals surface area contributed by atoms with Gasteiger partial charge in [-0.2, -0.15) is 0 Å². The maximum absolute atomic E-state index is 3.51. The molecule has 0 radical (unpaired) electrons. The minimum atomic E-state index is 0.325. The Bertz CT molecular complexity index is 505. The number of benzene rings is 1. The first-order valence-electron chi connectivity index (χ1n) is 5.84. The Kier molecular flexibility index (Phi) is 4.30. The van der Waals surface area contributed by atoms with Crippen molar-refractivity contribution in [3.05, 3.63) is 45.1 Å². The predicted molar refractivity (Wildman–Crippen MR) is 84.8 cm³/mol. The van der Waals surface area contributed by atoms with Gasteiger partial charge in [0.15, 0.2) is 0 Å². The van der Waals surface area contributed by atoms with E-state index in [0.717, 1.165) is 10.2 Å². The monoisotopic (exact) mass is 324 g/mol. The second kappa shape index (κ2) is 5.76. The van der Waals surface area contributed by atoms with Gasteiger partial charge in [0, 0.05) is 40.2 Å². The molecule has 1 atom stereocenters. The lowest BCUT2D eigenvalue weighted by Crippen LogP contribution is -2.09. The Morgan fingerprint density at radius 1 is 1.22 bits per heavy atom. The Morgan fingerprint density at radius 2 is 1.89 bits per heavy atom. The van der Waals surface area contributed by atoms with Crippen molar-refractivity contribution in [1.82, 2.24) is 0 Å². The van der Waals surface area contributed by atoms with Crippen molar-refractivity contribution in [2.24, 2.45) is 0 Å². The number of hydrogen-bond acceptors (Lipinski definition) is 3. The second-order valence-electron chi connectivity index (χ2n) is 4.47. The lowest BCUT2D eigenvalue weighted by Gasteiger charge is -2.16. The van der Waals surface area contributed by atoms with Crippen LogP contribution < -0.4 is 10.2 Å². The van der Waals surface area contributed by atoms with Crippen molar-refractivity contribution in [2.45, 2.75) is 13.0 Å². The molecule has 1 aromatic heterocycles. The minimum absolute atomic E-state index is 0.325. The number of anilines is 2. The molecule has 1 heterocycles. The van der Waals surface area contributed by atoms with Crippen molar-refractivity contribution < 1.29 is 0 Å². The van der Waals surface area contributed by atoms with Gasteiger partial charge < -0.3 is 10.2 Å². The highest BCUT2D eigenvalue weighted by Crippen LogP contribution is 2.28. The molecule has 0 saturated heterocycles. The summed E-state index contributed by atoms with van der Waals surface area (Å²) in [6.07, 6.45) is 0. The van der Waals surface area contributed by atoms with Crippen LogP contribution in [0.4, 0.5) is 11.4 Å². The maximum atomic E-state index is 3.51. The van der Waals surface area contributed by atoms with Gasteiger partial charge in [0.25, 0.3) is 0 Å². The summed E-state index contributed by atoms with van der Waals surface area (Å²) in [5, 5.41) is 5.62. The van der Waals surface area contributed by atoms with Crippen LogP contribution in [0.2, 0.25) is 0 Å². The third kappa shape index (κ3) is 3.27. The first-order valence-corrected chi connectivity index (χ1v) is 7.51.